The summed E-state index contributed by atoms with van der Waals surface area (Å²) in [5.41, 5.74) is 0. The molecule has 4 heteroatoms. The molecule has 5 heavy (non-hydrogen) atoms. The van der Waals surface area contributed by atoms with Crippen LogP contribution in [0.1, 0.15) is 0 Å². The van der Waals surface area contributed by atoms with Crippen LogP contribution in [0.5, 0.6) is 0 Å². The number of carbonyl (C=O) groups is 1. The van der Waals surface area contributed by atoms with E-state index < -0.39 is 9.92 Å². The van der Waals surface area contributed by atoms with Crippen molar-refractivity contribution in [1.82, 2.24) is 0 Å². The molecule has 2 N–H and O–H groups in total. The normalized spacial score (nSPS) is 9.00. The summed E-state index contributed by atoms with van der Waals surface area (Å²) < 4.78 is 4.07. The zero-order valence-electron chi connectivity index (χ0n) is 2.68. The quantitative estimate of drug-likeness (QED) is 0.319. The van der Waals surface area contributed by atoms with E-state index in [2.05, 4.69) is 4.43 Å². The lowest BCUT2D eigenvalue weighted by molar-refractivity contribution is -0.120. The predicted octanol–water partition coefficient (Wildman–Crippen LogP) is -1.88. The fraction of sp³-hybridized carbons (Fsp3) is 0. The van der Waals surface area contributed by atoms with Gasteiger partial charge in [0.05, 0.1) is 0 Å². The van der Waals surface area contributed by atoms with Crippen LogP contribution >= 0.6 is 0 Å². The SMILES string of the molecule is N[SiH2]OC=O. The van der Waals surface area contributed by atoms with Crippen molar-refractivity contribution in [2.24, 2.45) is 5.40 Å². The summed E-state index contributed by atoms with van der Waals surface area (Å²) in [4.78, 5) is 9.14. The van der Waals surface area contributed by atoms with Crippen LogP contribution in [-0.2, 0) is 9.22 Å². The number of nitrogens with two attached hydrogens (primary N) is 1. The maximum atomic E-state index is 9.14. The van der Waals surface area contributed by atoms with Gasteiger partial charge >= 0.3 is 0 Å². The van der Waals surface area contributed by atoms with Crippen LogP contribution in [0.2, 0.25) is 0 Å². The number of rotatable bonds is 2. The Hall–Kier alpha value is -0.353. The highest BCUT2D eigenvalue weighted by Gasteiger charge is 1.63. The molecule has 0 radical (unpaired) electrons. The largest absolute Gasteiger partial charge is 0.513 e. The second-order valence-electron chi connectivity index (χ2n) is 0.430. The molecule has 0 amide bonds. The van der Waals surface area contributed by atoms with Gasteiger partial charge in [0.2, 0.25) is 0 Å². The monoisotopic (exact) mass is 91.0 g/mol. The first-order chi connectivity index (χ1) is 2.41. The van der Waals surface area contributed by atoms with Gasteiger partial charge in [-0.15, -0.1) is 0 Å². The van der Waals surface area contributed by atoms with Crippen molar-refractivity contribution in [3.8, 4) is 0 Å². The molecule has 0 unspecified atom stereocenters. The molecule has 0 aliphatic carbocycles. The molecule has 0 heterocycles. The second-order valence-corrected chi connectivity index (χ2v) is 1.10. The Morgan fingerprint density at radius 2 is 2.60 bits per heavy atom. The van der Waals surface area contributed by atoms with Gasteiger partial charge in [0.15, 0.2) is 0 Å². The molecule has 0 saturated carbocycles. The molecule has 0 rings (SSSR count). The van der Waals surface area contributed by atoms with E-state index in [4.69, 9.17) is 10.2 Å². The Kier molecular flexibility index (Phi) is 3.39. The van der Waals surface area contributed by atoms with E-state index in [9.17, 15) is 0 Å². The molecule has 3 nitrogen and oxygen atoms in total. The molecule has 0 aliphatic rings. The van der Waals surface area contributed by atoms with Gasteiger partial charge in [0, 0.05) is 0 Å². The molecule has 30 valence electrons. The summed E-state index contributed by atoms with van der Waals surface area (Å²) >= 11 is 0. The fourth-order valence-corrected chi connectivity index (χ4v) is 0.118. The number of hydrogen-bond donors (Lipinski definition) is 1. The van der Waals surface area contributed by atoms with Crippen LogP contribution in [0.15, 0.2) is 0 Å². The van der Waals surface area contributed by atoms with Gasteiger partial charge in [-0.3, -0.25) is 4.79 Å². The van der Waals surface area contributed by atoms with Gasteiger partial charge in [0.25, 0.3) is 16.4 Å². The molecule has 0 atom stereocenters. The first-order valence-electron chi connectivity index (χ1n) is 1.17. The van der Waals surface area contributed by atoms with Gasteiger partial charge in [-0.2, -0.15) is 0 Å². The minimum absolute atomic E-state index is 0.367. The van der Waals surface area contributed by atoms with Gasteiger partial charge in [-0.05, 0) is 0 Å². The van der Waals surface area contributed by atoms with Crippen molar-refractivity contribution in [2.45, 2.75) is 0 Å². The van der Waals surface area contributed by atoms with Crippen LogP contribution in [0, 0.1) is 0 Å². The molecular formula is CH5NO2Si. The third-order valence-electron chi connectivity index (χ3n) is 0.164. The fourth-order valence-electron chi connectivity index (χ4n) is 0.0393. The summed E-state index contributed by atoms with van der Waals surface area (Å²) in [7, 11) is -0.954. The van der Waals surface area contributed by atoms with E-state index >= 15 is 0 Å². The summed E-state index contributed by atoms with van der Waals surface area (Å²) in [5.74, 6) is 0. The zero-order chi connectivity index (χ0) is 4.12. The number of hydrogen-bond acceptors (Lipinski definition) is 3. The van der Waals surface area contributed by atoms with E-state index in [0.29, 0.717) is 6.47 Å². The van der Waals surface area contributed by atoms with Crippen molar-refractivity contribution in [2.75, 3.05) is 0 Å². The van der Waals surface area contributed by atoms with E-state index in [0.717, 1.165) is 0 Å². The molecule has 0 aromatic carbocycles. The standard InChI is InChI=1S/CH5NO2Si/c2-5-4-1-3/h1H,2,5H2. The Morgan fingerprint density at radius 3 is 2.60 bits per heavy atom. The van der Waals surface area contributed by atoms with Gasteiger partial charge in [0.1, 0.15) is 0 Å². The predicted molar refractivity (Wildman–Crippen MR) is 19.9 cm³/mol. The first kappa shape index (κ1) is 4.65. The minimum Gasteiger partial charge on any atom is -0.513 e. The van der Waals surface area contributed by atoms with Crippen LogP contribution < -0.4 is 5.40 Å². The average Bonchev–Trinajstić information content (AvgIpc) is 1.41. The van der Waals surface area contributed by atoms with Crippen molar-refractivity contribution >= 4 is 16.4 Å². The van der Waals surface area contributed by atoms with Crippen molar-refractivity contribution in [3.05, 3.63) is 0 Å². The highest BCUT2D eigenvalue weighted by Crippen LogP contribution is 1.40. The molecular weight excluding hydrogens is 86.1 g/mol. The van der Waals surface area contributed by atoms with Gasteiger partial charge < -0.3 is 9.83 Å². The van der Waals surface area contributed by atoms with E-state index in [1.54, 1.807) is 0 Å². The van der Waals surface area contributed by atoms with Crippen molar-refractivity contribution in [1.29, 1.82) is 0 Å². The Bertz CT molecular complexity index is 30.8. The third kappa shape index (κ3) is 3.65. The zero-order valence-corrected chi connectivity index (χ0v) is 4.09. The first-order valence-corrected chi connectivity index (χ1v) is 2.56. The molecule has 0 aromatic heterocycles. The highest BCUT2D eigenvalue weighted by atomic mass is 28.2. The van der Waals surface area contributed by atoms with Crippen LogP contribution in [0.3, 0.4) is 0 Å². The van der Waals surface area contributed by atoms with Crippen molar-refractivity contribution < 1.29 is 9.22 Å². The average molecular weight is 91.1 g/mol. The highest BCUT2D eigenvalue weighted by molar-refractivity contribution is 6.24. The minimum atomic E-state index is -0.954. The lowest BCUT2D eigenvalue weighted by Crippen LogP contribution is -2.07. The Balaban J connectivity index is 2.40. The molecule has 0 fully saturated rings. The molecule has 0 saturated heterocycles. The topological polar surface area (TPSA) is 52.3 Å². The van der Waals surface area contributed by atoms with Crippen molar-refractivity contribution in [3.63, 3.8) is 0 Å². The second kappa shape index (κ2) is 3.65. The maximum absolute atomic E-state index is 9.14. The maximum Gasteiger partial charge on any atom is 0.297 e. The van der Waals surface area contributed by atoms with E-state index in [-0.39, 0.29) is 0 Å². The molecule has 0 aromatic rings. The van der Waals surface area contributed by atoms with Crippen LogP contribution in [0.25, 0.3) is 0 Å². The summed E-state index contributed by atoms with van der Waals surface area (Å²) in [5, 5.41) is 4.82. The Morgan fingerprint density at radius 1 is 2.00 bits per heavy atom. The van der Waals surface area contributed by atoms with Gasteiger partial charge in [-0.1, -0.05) is 0 Å². The number of carbonyl (C=O) groups excluding carboxylic acids is 1. The van der Waals surface area contributed by atoms with Crippen LogP contribution in [-0.4, -0.2) is 16.4 Å². The molecule has 0 spiro atoms. The summed E-state index contributed by atoms with van der Waals surface area (Å²) in [6, 6.07) is 0. The lowest BCUT2D eigenvalue weighted by Gasteiger charge is -1.79. The van der Waals surface area contributed by atoms with E-state index in [1.807, 2.05) is 0 Å². The molecule has 0 aliphatic heterocycles. The van der Waals surface area contributed by atoms with E-state index in [1.165, 1.54) is 0 Å². The molecule has 0 bridgehead atoms. The van der Waals surface area contributed by atoms with Gasteiger partial charge in [-0.25, -0.2) is 0 Å². The third-order valence-corrected chi connectivity index (χ3v) is 0.493. The summed E-state index contributed by atoms with van der Waals surface area (Å²) in [6.45, 7) is 0.367. The lowest BCUT2D eigenvalue weighted by atomic mass is 11.7. The summed E-state index contributed by atoms with van der Waals surface area (Å²) in [6.07, 6.45) is 0. The van der Waals surface area contributed by atoms with Crippen LogP contribution in [0.4, 0.5) is 0 Å². The Labute approximate surface area is 32.1 Å². The smallest absolute Gasteiger partial charge is 0.297 e.